The van der Waals surface area contributed by atoms with E-state index in [1.165, 1.54) is 25.0 Å². The van der Waals surface area contributed by atoms with Gasteiger partial charge in [0.15, 0.2) is 0 Å². The Bertz CT molecular complexity index is 858. The summed E-state index contributed by atoms with van der Waals surface area (Å²) in [5, 5.41) is 5.58. The number of likely N-dealkylation sites (tertiary alicyclic amines) is 1. The Morgan fingerprint density at radius 1 is 1.34 bits per heavy atom. The fourth-order valence-electron chi connectivity index (χ4n) is 3.96. The third-order valence-electron chi connectivity index (χ3n) is 5.39. The van der Waals surface area contributed by atoms with Crippen LogP contribution in [0.3, 0.4) is 0 Å². The number of hydrogen-bond acceptors (Lipinski definition) is 5. The van der Waals surface area contributed by atoms with E-state index in [-0.39, 0.29) is 42.4 Å². The highest BCUT2D eigenvalue weighted by Crippen LogP contribution is 2.18. The van der Waals surface area contributed by atoms with Gasteiger partial charge in [-0.15, -0.1) is 0 Å². The van der Waals surface area contributed by atoms with Gasteiger partial charge in [-0.05, 0) is 50.4 Å². The minimum absolute atomic E-state index is 0.0253. The zero-order chi connectivity index (χ0) is 21.0. The van der Waals surface area contributed by atoms with Gasteiger partial charge >= 0.3 is 0 Å². The topological polar surface area (TPSA) is 98.8 Å². The summed E-state index contributed by atoms with van der Waals surface area (Å²) in [6, 6.07) is 5.96. The van der Waals surface area contributed by atoms with E-state index in [4.69, 9.17) is 0 Å². The Kier molecular flexibility index (Phi) is 6.92. The van der Waals surface area contributed by atoms with Crippen molar-refractivity contribution in [3.05, 3.63) is 29.8 Å². The summed E-state index contributed by atoms with van der Waals surface area (Å²) in [5.41, 5.74) is 0.298. The summed E-state index contributed by atoms with van der Waals surface area (Å²) < 4.78 is 26.8. The molecule has 2 saturated heterocycles. The first-order valence-corrected chi connectivity index (χ1v) is 11.6. The lowest BCUT2D eigenvalue weighted by Crippen LogP contribution is -2.49. The van der Waals surface area contributed by atoms with Crippen LogP contribution in [0.4, 0.5) is 0 Å². The van der Waals surface area contributed by atoms with Crippen LogP contribution in [0.1, 0.15) is 37.0 Å². The van der Waals surface area contributed by atoms with Crippen molar-refractivity contribution in [1.82, 2.24) is 19.8 Å². The van der Waals surface area contributed by atoms with Gasteiger partial charge in [-0.2, -0.15) is 4.31 Å². The van der Waals surface area contributed by atoms with Crippen LogP contribution in [0.2, 0.25) is 0 Å². The lowest BCUT2D eigenvalue weighted by Gasteiger charge is -2.32. The van der Waals surface area contributed by atoms with Crippen LogP contribution in [0, 0.1) is 5.92 Å². The number of sulfonamides is 1. The molecule has 2 atom stereocenters. The van der Waals surface area contributed by atoms with Crippen LogP contribution in [0.5, 0.6) is 0 Å². The molecule has 3 rings (SSSR count). The number of piperazine rings is 1. The summed E-state index contributed by atoms with van der Waals surface area (Å²) in [5.74, 6) is 0.0518. The number of benzene rings is 1. The SMILES string of the molecule is CC1CCCN(CC(C)NC(=O)c2cccc(S(=O)(=O)N3CCNC(=O)C3)c2)C1. The van der Waals surface area contributed by atoms with Crippen molar-refractivity contribution < 1.29 is 18.0 Å². The molecule has 0 aliphatic carbocycles. The zero-order valence-corrected chi connectivity index (χ0v) is 17.9. The molecule has 2 amide bonds. The summed E-state index contributed by atoms with van der Waals surface area (Å²) in [6.45, 7) is 7.36. The Balaban J connectivity index is 1.65. The van der Waals surface area contributed by atoms with Gasteiger partial charge in [0.05, 0.1) is 11.4 Å². The Morgan fingerprint density at radius 2 is 2.14 bits per heavy atom. The van der Waals surface area contributed by atoms with E-state index in [1.807, 2.05) is 6.92 Å². The van der Waals surface area contributed by atoms with Crippen molar-refractivity contribution in [1.29, 1.82) is 0 Å². The van der Waals surface area contributed by atoms with Gasteiger partial charge in [0.2, 0.25) is 15.9 Å². The summed E-state index contributed by atoms with van der Waals surface area (Å²) >= 11 is 0. The third-order valence-corrected chi connectivity index (χ3v) is 7.23. The molecule has 2 fully saturated rings. The molecule has 9 heteroatoms. The number of amides is 2. The monoisotopic (exact) mass is 422 g/mol. The Labute approximate surface area is 172 Å². The summed E-state index contributed by atoms with van der Waals surface area (Å²) in [4.78, 5) is 26.6. The van der Waals surface area contributed by atoms with E-state index in [2.05, 4.69) is 22.5 Å². The number of nitrogens with one attached hydrogen (secondary N) is 2. The molecule has 160 valence electrons. The van der Waals surface area contributed by atoms with E-state index in [0.717, 1.165) is 23.9 Å². The Hall–Kier alpha value is -1.97. The van der Waals surface area contributed by atoms with Gasteiger partial charge in [-0.1, -0.05) is 13.0 Å². The van der Waals surface area contributed by atoms with Crippen molar-refractivity contribution in [3.63, 3.8) is 0 Å². The molecule has 8 nitrogen and oxygen atoms in total. The van der Waals surface area contributed by atoms with Crippen LogP contribution >= 0.6 is 0 Å². The van der Waals surface area contributed by atoms with Crippen LogP contribution in [0.15, 0.2) is 29.2 Å². The maximum Gasteiger partial charge on any atom is 0.251 e. The van der Waals surface area contributed by atoms with E-state index >= 15 is 0 Å². The largest absolute Gasteiger partial charge is 0.354 e. The zero-order valence-electron chi connectivity index (χ0n) is 17.1. The molecular formula is C20H30N4O4S. The second-order valence-corrected chi connectivity index (χ2v) is 10.0. The van der Waals surface area contributed by atoms with E-state index in [1.54, 1.807) is 12.1 Å². The van der Waals surface area contributed by atoms with Gasteiger partial charge in [0.1, 0.15) is 0 Å². The predicted octanol–water partition coefficient (Wildman–Crippen LogP) is 0.657. The second kappa shape index (κ2) is 9.23. The van der Waals surface area contributed by atoms with Gasteiger partial charge in [-0.25, -0.2) is 8.42 Å². The summed E-state index contributed by atoms with van der Waals surface area (Å²) in [6.07, 6.45) is 2.42. The van der Waals surface area contributed by atoms with E-state index in [0.29, 0.717) is 11.5 Å². The number of piperidine rings is 1. The molecule has 2 aliphatic rings. The molecular weight excluding hydrogens is 392 g/mol. The van der Waals surface area contributed by atoms with Crippen molar-refractivity contribution in [2.45, 2.75) is 37.6 Å². The highest BCUT2D eigenvalue weighted by atomic mass is 32.2. The first-order valence-electron chi connectivity index (χ1n) is 10.2. The van der Waals surface area contributed by atoms with Crippen molar-refractivity contribution >= 4 is 21.8 Å². The second-order valence-electron chi connectivity index (χ2n) is 8.10. The van der Waals surface area contributed by atoms with Crippen LogP contribution in [-0.4, -0.2) is 74.7 Å². The fraction of sp³-hybridized carbons (Fsp3) is 0.600. The van der Waals surface area contributed by atoms with Crippen LogP contribution in [-0.2, 0) is 14.8 Å². The number of rotatable bonds is 6. The average Bonchev–Trinajstić information content (AvgIpc) is 2.68. The average molecular weight is 423 g/mol. The standard InChI is InChI=1S/C20H30N4O4S/c1-15-5-4-9-23(12-15)13-16(2)22-20(26)17-6-3-7-18(11-17)29(27,28)24-10-8-21-19(25)14-24/h3,6-7,11,15-16H,4-5,8-10,12-14H2,1-2H3,(H,21,25)(H,22,26). The van der Waals surface area contributed by atoms with Crippen LogP contribution in [0.25, 0.3) is 0 Å². The minimum Gasteiger partial charge on any atom is -0.354 e. The lowest BCUT2D eigenvalue weighted by atomic mass is 10.00. The van der Waals surface area contributed by atoms with E-state index in [9.17, 15) is 18.0 Å². The maximum absolute atomic E-state index is 12.8. The fourth-order valence-corrected chi connectivity index (χ4v) is 5.40. The maximum atomic E-state index is 12.8. The number of carbonyl (C=O) groups is 2. The normalized spacial score (nSPS) is 22.7. The minimum atomic E-state index is -3.82. The summed E-state index contributed by atoms with van der Waals surface area (Å²) in [7, 11) is -3.82. The lowest BCUT2D eigenvalue weighted by molar-refractivity contribution is -0.122. The van der Waals surface area contributed by atoms with Crippen molar-refractivity contribution in [2.24, 2.45) is 5.92 Å². The number of carbonyl (C=O) groups excluding carboxylic acids is 2. The quantitative estimate of drug-likeness (QED) is 0.702. The molecule has 2 aliphatic heterocycles. The number of nitrogens with zero attached hydrogens (tertiary/aromatic N) is 2. The molecule has 2 heterocycles. The Morgan fingerprint density at radius 3 is 2.86 bits per heavy atom. The molecule has 0 bridgehead atoms. The number of hydrogen-bond donors (Lipinski definition) is 2. The molecule has 0 spiro atoms. The first kappa shape index (κ1) is 21.7. The van der Waals surface area contributed by atoms with Gasteiger partial charge < -0.3 is 15.5 Å². The van der Waals surface area contributed by atoms with Crippen LogP contribution < -0.4 is 10.6 Å². The van der Waals surface area contributed by atoms with Crippen molar-refractivity contribution in [3.8, 4) is 0 Å². The first-order chi connectivity index (χ1) is 13.8. The molecule has 0 aromatic heterocycles. The molecule has 1 aromatic carbocycles. The predicted molar refractivity (Wildman–Crippen MR) is 110 cm³/mol. The molecule has 2 N–H and O–H groups in total. The molecule has 29 heavy (non-hydrogen) atoms. The highest BCUT2D eigenvalue weighted by Gasteiger charge is 2.29. The van der Waals surface area contributed by atoms with Gasteiger partial charge in [0.25, 0.3) is 5.91 Å². The van der Waals surface area contributed by atoms with Crippen molar-refractivity contribution in [2.75, 3.05) is 39.3 Å². The highest BCUT2D eigenvalue weighted by molar-refractivity contribution is 7.89. The van der Waals surface area contributed by atoms with Gasteiger partial charge in [0, 0.05) is 37.8 Å². The smallest absolute Gasteiger partial charge is 0.251 e. The molecule has 0 radical (unpaired) electrons. The van der Waals surface area contributed by atoms with E-state index < -0.39 is 10.0 Å². The molecule has 0 saturated carbocycles. The van der Waals surface area contributed by atoms with Gasteiger partial charge in [-0.3, -0.25) is 9.59 Å². The third kappa shape index (κ3) is 5.55. The molecule has 1 aromatic rings. The molecule has 2 unspecified atom stereocenters.